The van der Waals surface area contributed by atoms with Gasteiger partial charge in [0.25, 0.3) is 0 Å². The van der Waals surface area contributed by atoms with E-state index < -0.39 is 0 Å². The average Bonchev–Trinajstić information content (AvgIpc) is 2.76. The van der Waals surface area contributed by atoms with Crippen LogP contribution in [0.15, 0.2) is 42.5 Å². The zero-order chi connectivity index (χ0) is 14.1. The highest BCUT2D eigenvalue weighted by Gasteiger charge is 2.29. The van der Waals surface area contributed by atoms with E-state index in [9.17, 15) is 4.79 Å². The highest BCUT2D eigenvalue weighted by Crippen LogP contribution is 2.36. The maximum Gasteiger partial charge on any atom is 0.246 e. The number of para-hydroxylation sites is 1. The Kier molecular flexibility index (Phi) is 3.34. The Morgan fingerprint density at radius 2 is 2.05 bits per heavy atom. The molecule has 1 aliphatic rings. The van der Waals surface area contributed by atoms with Crippen molar-refractivity contribution in [3.05, 3.63) is 53.1 Å². The normalized spacial score (nSPS) is 16.7. The van der Waals surface area contributed by atoms with Crippen molar-refractivity contribution in [1.82, 2.24) is 5.32 Å². The lowest BCUT2D eigenvalue weighted by Crippen LogP contribution is -2.23. The first-order valence-corrected chi connectivity index (χ1v) is 6.61. The predicted molar refractivity (Wildman–Crippen MR) is 78.4 cm³/mol. The Balaban J connectivity index is 1.90. The molecule has 1 aliphatic heterocycles. The van der Waals surface area contributed by atoms with Gasteiger partial charge in [-0.25, -0.2) is 0 Å². The van der Waals surface area contributed by atoms with Crippen LogP contribution in [0.5, 0.6) is 11.5 Å². The molecule has 4 nitrogen and oxygen atoms in total. The van der Waals surface area contributed by atoms with Gasteiger partial charge in [-0.05, 0) is 25.2 Å². The van der Waals surface area contributed by atoms with Crippen molar-refractivity contribution in [2.24, 2.45) is 0 Å². The molecule has 1 amide bonds. The molecule has 20 heavy (non-hydrogen) atoms. The molecule has 0 spiro atoms. The molecular weight excluding hydrogens is 276 g/mol. The summed E-state index contributed by atoms with van der Waals surface area (Å²) >= 11 is 6.06. The minimum Gasteiger partial charge on any atom is -0.456 e. The van der Waals surface area contributed by atoms with Crippen LogP contribution in [-0.4, -0.2) is 13.0 Å². The number of anilines is 1. The van der Waals surface area contributed by atoms with Gasteiger partial charge >= 0.3 is 0 Å². The van der Waals surface area contributed by atoms with E-state index in [4.69, 9.17) is 16.3 Å². The molecule has 3 rings (SSSR count). The van der Waals surface area contributed by atoms with Crippen LogP contribution in [0.3, 0.4) is 0 Å². The number of ether oxygens (including phenoxy) is 1. The van der Waals surface area contributed by atoms with E-state index in [2.05, 4.69) is 10.6 Å². The number of nitrogens with one attached hydrogen (secondary N) is 2. The second kappa shape index (κ2) is 5.15. The van der Waals surface area contributed by atoms with E-state index in [1.54, 1.807) is 25.2 Å². The molecular formula is C15H13ClN2O2. The zero-order valence-corrected chi connectivity index (χ0v) is 11.6. The Hall–Kier alpha value is -2.04. The number of benzene rings is 2. The van der Waals surface area contributed by atoms with Gasteiger partial charge in [0.2, 0.25) is 5.91 Å². The van der Waals surface area contributed by atoms with Crippen molar-refractivity contribution in [2.45, 2.75) is 6.04 Å². The fraction of sp³-hybridized carbons (Fsp3) is 0.133. The smallest absolute Gasteiger partial charge is 0.246 e. The lowest BCUT2D eigenvalue weighted by Gasteiger charge is -2.10. The molecule has 0 saturated heterocycles. The van der Waals surface area contributed by atoms with E-state index in [1.807, 2.05) is 24.3 Å². The number of carbonyl (C=O) groups is 1. The number of hydrogen-bond donors (Lipinski definition) is 2. The second-order valence-electron chi connectivity index (χ2n) is 4.49. The lowest BCUT2D eigenvalue weighted by molar-refractivity contribution is -0.117. The fourth-order valence-corrected chi connectivity index (χ4v) is 2.42. The first kappa shape index (κ1) is 13.0. The third-order valence-electron chi connectivity index (χ3n) is 3.21. The number of hydrogen-bond acceptors (Lipinski definition) is 3. The second-order valence-corrected chi connectivity index (χ2v) is 4.90. The van der Waals surface area contributed by atoms with Crippen molar-refractivity contribution in [3.8, 4) is 11.5 Å². The van der Waals surface area contributed by atoms with Crippen molar-refractivity contribution in [1.29, 1.82) is 0 Å². The van der Waals surface area contributed by atoms with Crippen LogP contribution >= 0.6 is 11.6 Å². The molecule has 2 N–H and O–H groups in total. The standard InChI is InChI=1S/C15H13ClN2O2/c1-17-14-10-7-6-9(8-12(10)18-15(14)19)20-13-5-3-2-4-11(13)16/h2-8,14,17H,1H3,(H,18,19). The summed E-state index contributed by atoms with van der Waals surface area (Å²) in [5.41, 5.74) is 1.68. The SMILES string of the molecule is CNC1C(=O)Nc2cc(Oc3ccccc3Cl)ccc21. The molecule has 1 unspecified atom stereocenters. The van der Waals surface area contributed by atoms with E-state index >= 15 is 0 Å². The van der Waals surface area contributed by atoms with Gasteiger partial charge in [0.1, 0.15) is 17.5 Å². The van der Waals surface area contributed by atoms with E-state index in [-0.39, 0.29) is 11.9 Å². The summed E-state index contributed by atoms with van der Waals surface area (Å²) in [6.07, 6.45) is 0. The Labute approximate surface area is 121 Å². The quantitative estimate of drug-likeness (QED) is 0.911. The number of fused-ring (bicyclic) bond motifs is 1. The monoisotopic (exact) mass is 288 g/mol. The summed E-state index contributed by atoms with van der Waals surface area (Å²) in [5.74, 6) is 1.16. The lowest BCUT2D eigenvalue weighted by atomic mass is 10.1. The number of rotatable bonds is 3. The van der Waals surface area contributed by atoms with Crippen LogP contribution in [-0.2, 0) is 4.79 Å². The van der Waals surface area contributed by atoms with Gasteiger partial charge in [0.05, 0.1) is 5.02 Å². The predicted octanol–water partition coefficient (Wildman–Crippen LogP) is 3.34. The van der Waals surface area contributed by atoms with Gasteiger partial charge in [-0.15, -0.1) is 0 Å². The third-order valence-corrected chi connectivity index (χ3v) is 3.52. The molecule has 0 bridgehead atoms. The third kappa shape index (κ3) is 2.24. The van der Waals surface area contributed by atoms with E-state index in [0.717, 1.165) is 11.3 Å². The van der Waals surface area contributed by atoms with Crippen molar-refractivity contribution >= 4 is 23.2 Å². The Morgan fingerprint density at radius 3 is 2.80 bits per heavy atom. The van der Waals surface area contributed by atoms with Gasteiger partial charge < -0.3 is 15.4 Å². The van der Waals surface area contributed by atoms with Crippen molar-refractivity contribution < 1.29 is 9.53 Å². The molecule has 1 heterocycles. The molecule has 1 atom stereocenters. The number of likely N-dealkylation sites (N-methyl/N-ethyl adjacent to an activating group) is 1. The van der Waals surface area contributed by atoms with Crippen LogP contribution in [0, 0.1) is 0 Å². The van der Waals surface area contributed by atoms with Gasteiger partial charge in [0, 0.05) is 17.3 Å². The summed E-state index contributed by atoms with van der Waals surface area (Å²) < 4.78 is 5.73. The average molecular weight is 289 g/mol. The van der Waals surface area contributed by atoms with E-state index in [0.29, 0.717) is 16.5 Å². The molecule has 0 fully saturated rings. The summed E-state index contributed by atoms with van der Waals surface area (Å²) in [7, 11) is 1.76. The molecule has 2 aromatic rings. The summed E-state index contributed by atoms with van der Waals surface area (Å²) in [4.78, 5) is 11.8. The first-order chi connectivity index (χ1) is 9.69. The van der Waals surface area contributed by atoms with Crippen LogP contribution in [0.25, 0.3) is 0 Å². The minimum absolute atomic E-state index is 0.0580. The van der Waals surface area contributed by atoms with Crippen LogP contribution in [0.4, 0.5) is 5.69 Å². The van der Waals surface area contributed by atoms with Crippen molar-refractivity contribution in [3.63, 3.8) is 0 Å². The molecule has 102 valence electrons. The Bertz CT molecular complexity index is 673. The van der Waals surface area contributed by atoms with Crippen LogP contribution in [0.1, 0.15) is 11.6 Å². The molecule has 0 aliphatic carbocycles. The molecule has 5 heteroatoms. The molecule has 0 radical (unpaired) electrons. The molecule has 0 aromatic heterocycles. The van der Waals surface area contributed by atoms with Crippen LogP contribution in [0.2, 0.25) is 5.02 Å². The number of carbonyl (C=O) groups excluding carboxylic acids is 1. The fourth-order valence-electron chi connectivity index (χ4n) is 2.25. The summed E-state index contributed by atoms with van der Waals surface area (Å²) in [6, 6.07) is 12.5. The van der Waals surface area contributed by atoms with Gasteiger partial charge in [0.15, 0.2) is 0 Å². The zero-order valence-electron chi connectivity index (χ0n) is 10.8. The van der Waals surface area contributed by atoms with Gasteiger partial charge in [-0.3, -0.25) is 4.79 Å². The first-order valence-electron chi connectivity index (χ1n) is 6.23. The molecule has 2 aromatic carbocycles. The maximum absolute atomic E-state index is 11.8. The topological polar surface area (TPSA) is 50.4 Å². The summed E-state index contributed by atoms with van der Waals surface area (Å²) in [5, 5.41) is 6.35. The summed E-state index contributed by atoms with van der Waals surface area (Å²) in [6.45, 7) is 0. The Morgan fingerprint density at radius 1 is 1.25 bits per heavy atom. The number of halogens is 1. The molecule has 0 saturated carbocycles. The van der Waals surface area contributed by atoms with Crippen molar-refractivity contribution in [2.75, 3.05) is 12.4 Å². The number of amides is 1. The highest BCUT2D eigenvalue weighted by atomic mass is 35.5. The largest absolute Gasteiger partial charge is 0.456 e. The van der Waals surface area contributed by atoms with Gasteiger partial charge in [-0.2, -0.15) is 0 Å². The van der Waals surface area contributed by atoms with Gasteiger partial charge in [-0.1, -0.05) is 29.8 Å². The maximum atomic E-state index is 11.8. The highest BCUT2D eigenvalue weighted by molar-refractivity contribution is 6.32. The minimum atomic E-state index is -0.306. The van der Waals surface area contributed by atoms with Crippen LogP contribution < -0.4 is 15.4 Å². The van der Waals surface area contributed by atoms with E-state index in [1.165, 1.54) is 0 Å².